The van der Waals surface area contributed by atoms with Gasteiger partial charge < -0.3 is 4.42 Å². The van der Waals surface area contributed by atoms with Gasteiger partial charge in [-0.25, -0.2) is 15.0 Å². The fourth-order valence-corrected chi connectivity index (χ4v) is 9.21. The molecule has 0 bridgehead atoms. The Bertz CT molecular complexity index is 2980. The van der Waals surface area contributed by atoms with Gasteiger partial charge in [0.05, 0.1) is 5.56 Å². The molecule has 256 valence electrons. The van der Waals surface area contributed by atoms with Crippen molar-refractivity contribution < 1.29 is 4.42 Å². The Kier molecular flexibility index (Phi) is 6.37. The number of rotatable bonds is 4. The predicted octanol–water partition coefficient (Wildman–Crippen LogP) is 11.8. The van der Waals surface area contributed by atoms with Gasteiger partial charge in [0.2, 0.25) is 0 Å². The van der Waals surface area contributed by atoms with E-state index in [-0.39, 0.29) is 10.8 Å². The average molecular weight is 695 g/mol. The largest absolute Gasteiger partial charge is 0.455 e. The molecule has 54 heavy (non-hydrogen) atoms. The minimum atomic E-state index is -0.310. The number of aromatic nitrogens is 4. The van der Waals surface area contributed by atoms with Crippen LogP contribution < -0.4 is 0 Å². The molecule has 0 aliphatic heterocycles. The van der Waals surface area contributed by atoms with E-state index in [4.69, 9.17) is 19.4 Å². The van der Waals surface area contributed by atoms with Gasteiger partial charge in [0.1, 0.15) is 16.9 Å². The van der Waals surface area contributed by atoms with Crippen molar-refractivity contribution in [3.63, 3.8) is 0 Å². The number of benzene rings is 6. The molecule has 3 aromatic heterocycles. The van der Waals surface area contributed by atoms with Crippen molar-refractivity contribution in [2.24, 2.45) is 0 Å². The van der Waals surface area contributed by atoms with Crippen LogP contribution in [0.4, 0.5) is 0 Å². The molecule has 6 aromatic carbocycles. The van der Waals surface area contributed by atoms with Gasteiger partial charge in [0, 0.05) is 33.4 Å². The molecule has 0 spiro atoms. The number of fused-ring (bicyclic) bond motifs is 10. The van der Waals surface area contributed by atoms with Crippen molar-refractivity contribution in [1.29, 1.82) is 0 Å². The Labute approximate surface area is 313 Å². The van der Waals surface area contributed by atoms with Crippen molar-refractivity contribution in [3.05, 3.63) is 180 Å². The summed E-state index contributed by atoms with van der Waals surface area (Å²) >= 11 is 0. The summed E-state index contributed by atoms with van der Waals surface area (Å²) in [6, 6.07) is 51.4. The molecule has 5 heteroatoms. The van der Waals surface area contributed by atoms with Crippen molar-refractivity contribution >= 4 is 21.9 Å². The molecule has 2 aliphatic rings. The molecule has 0 amide bonds. The summed E-state index contributed by atoms with van der Waals surface area (Å²) in [5.41, 5.74) is 15.0. The fourth-order valence-electron chi connectivity index (χ4n) is 9.21. The van der Waals surface area contributed by atoms with Crippen LogP contribution >= 0.6 is 0 Å². The summed E-state index contributed by atoms with van der Waals surface area (Å²) < 4.78 is 6.85. The second kappa shape index (κ2) is 11.1. The molecule has 5 nitrogen and oxygen atoms in total. The van der Waals surface area contributed by atoms with Crippen LogP contribution in [-0.2, 0) is 10.8 Å². The van der Waals surface area contributed by atoms with Gasteiger partial charge in [0.15, 0.2) is 17.5 Å². The lowest BCUT2D eigenvalue weighted by Gasteiger charge is -2.28. The average Bonchev–Trinajstić information content (AvgIpc) is 3.82. The van der Waals surface area contributed by atoms with Crippen molar-refractivity contribution in [1.82, 2.24) is 19.9 Å². The first-order valence-electron chi connectivity index (χ1n) is 18.5. The second-order valence-electron chi connectivity index (χ2n) is 15.1. The summed E-state index contributed by atoms with van der Waals surface area (Å²) in [6.45, 7) is 6.93. The quantitative estimate of drug-likeness (QED) is 0.183. The Morgan fingerprint density at radius 2 is 1.20 bits per heavy atom. The number of nitrogens with zero attached hydrogens (tertiary/aromatic N) is 4. The standard InChI is InChI=1S/C49H34N4O/c1-48(2)36-20-9-7-16-31(36)32-24-23-29(28-39(32)48)45-51-46(53-47(52-45)40-22-11-12-27-50-40)35-19-13-18-34-43-41(54-44(34)35)26-25-38-42(43)33-17-8-10-21-37(33)49(38,3)30-14-5-4-6-15-30/h4-28H,1-3H3. The van der Waals surface area contributed by atoms with E-state index in [1.807, 2.05) is 18.2 Å². The number of furan rings is 1. The Balaban J connectivity index is 1.13. The molecule has 9 aromatic rings. The third-order valence-corrected chi connectivity index (χ3v) is 11.9. The molecule has 0 saturated heterocycles. The Hall–Kier alpha value is -6.72. The van der Waals surface area contributed by atoms with E-state index in [9.17, 15) is 0 Å². The monoisotopic (exact) mass is 694 g/mol. The van der Waals surface area contributed by atoms with Crippen LogP contribution in [0.3, 0.4) is 0 Å². The zero-order chi connectivity index (χ0) is 36.2. The van der Waals surface area contributed by atoms with E-state index in [1.54, 1.807) is 6.20 Å². The van der Waals surface area contributed by atoms with Gasteiger partial charge in [-0.05, 0) is 87.3 Å². The van der Waals surface area contributed by atoms with E-state index in [2.05, 4.69) is 153 Å². The molecule has 0 radical (unpaired) electrons. The highest BCUT2D eigenvalue weighted by Crippen LogP contribution is 2.56. The zero-order valence-electron chi connectivity index (χ0n) is 30.1. The van der Waals surface area contributed by atoms with Gasteiger partial charge in [-0.2, -0.15) is 0 Å². The number of hydrogen-bond donors (Lipinski definition) is 0. The van der Waals surface area contributed by atoms with E-state index < -0.39 is 0 Å². The molecule has 11 rings (SSSR count). The Morgan fingerprint density at radius 1 is 0.500 bits per heavy atom. The van der Waals surface area contributed by atoms with Crippen LogP contribution in [-0.4, -0.2) is 19.9 Å². The third kappa shape index (κ3) is 4.21. The number of pyridine rings is 1. The van der Waals surface area contributed by atoms with Crippen LogP contribution in [0.15, 0.2) is 156 Å². The first kappa shape index (κ1) is 30.9. The summed E-state index contributed by atoms with van der Waals surface area (Å²) in [7, 11) is 0. The maximum atomic E-state index is 6.85. The fraction of sp³-hybridized carbons (Fsp3) is 0.102. The number of para-hydroxylation sites is 1. The first-order chi connectivity index (χ1) is 26.4. The normalized spacial score (nSPS) is 16.3. The predicted molar refractivity (Wildman–Crippen MR) is 216 cm³/mol. The Morgan fingerprint density at radius 3 is 2.04 bits per heavy atom. The van der Waals surface area contributed by atoms with Gasteiger partial charge >= 0.3 is 0 Å². The van der Waals surface area contributed by atoms with Gasteiger partial charge in [-0.1, -0.05) is 129 Å². The highest BCUT2D eigenvalue weighted by Gasteiger charge is 2.42. The van der Waals surface area contributed by atoms with Gasteiger partial charge in [-0.3, -0.25) is 4.98 Å². The molecule has 0 saturated carbocycles. The maximum absolute atomic E-state index is 6.85. The molecular formula is C49H34N4O. The van der Waals surface area contributed by atoms with Crippen LogP contribution in [0, 0.1) is 0 Å². The molecule has 2 aliphatic carbocycles. The van der Waals surface area contributed by atoms with E-state index in [0.29, 0.717) is 23.2 Å². The zero-order valence-corrected chi connectivity index (χ0v) is 30.1. The second-order valence-corrected chi connectivity index (χ2v) is 15.1. The molecule has 3 heterocycles. The minimum Gasteiger partial charge on any atom is -0.455 e. The third-order valence-electron chi connectivity index (χ3n) is 11.9. The summed E-state index contributed by atoms with van der Waals surface area (Å²) in [5.74, 6) is 1.65. The highest BCUT2D eigenvalue weighted by molar-refractivity contribution is 6.17. The van der Waals surface area contributed by atoms with Crippen LogP contribution in [0.1, 0.15) is 48.6 Å². The minimum absolute atomic E-state index is 0.156. The SMILES string of the molecule is CC1(C)c2ccccc2-c2ccc(-c3nc(-c4ccccn4)nc(-c4cccc5c4oc4ccc6c(c45)-c4ccccc4C6(C)c4ccccc4)n3)cc21. The van der Waals surface area contributed by atoms with Crippen LogP contribution in [0.2, 0.25) is 0 Å². The van der Waals surface area contributed by atoms with Gasteiger partial charge in [-0.15, -0.1) is 0 Å². The topological polar surface area (TPSA) is 64.7 Å². The molecular weight excluding hydrogens is 661 g/mol. The molecule has 0 fully saturated rings. The lowest BCUT2D eigenvalue weighted by atomic mass is 9.74. The molecule has 1 atom stereocenters. The summed E-state index contributed by atoms with van der Waals surface area (Å²) in [5, 5.41) is 2.14. The van der Waals surface area contributed by atoms with Crippen molar-refractivity contribution in [3.8, 4) is 56.5 Å². The van der Waals surface area contributed by atoms with Crippen LogP contribution in [0.25, 0.3) is 78.5 Å². The molecule has 1 unspecified atom stereocenters. The van der Waals surface area contributed by atoms with Crippen molar-refractivity contribution in [2.45, 2.75) is 31.6 Å². The first-order valence-corrected chi connectivity index (χ1v) is 18.5. The number of hydrogen-bond acceptors (Lipinski definition) is 5. The van der Waals surface area contributed by atoms with E-state index >= 15 is 0 Å². The summed E-state index contributed by atoms with van der Waals surface area (Å²) in [4.78, 5) is 20.0. The van der Waals surface area contributed by atoms with Crippen molar-refractivity contribution in [2.75, 3.05) is 0 Å². The smallest absolute Gasteiger partial charge is 0.182 e. The lowest BCUT2D eigenvalue weighted by Crippen LogP contribution is -2.22. The maximum Gasteiger partial charge on any atom is 0.182 e. The van der Waals surface area contributed by atoms with Gasteiger partial charge in [0.25, 0.3) is 0 Å². The highest BCUT2D eigenvalue weighted by atomic mass is 16.3. The van der Waals surface area contributed by atoms with E-state index in [0.717, 1.165) is 33.1 Å². The summed E-state index contributed by atoms with van der Waals surface area (Å²) in [6.07, 6.45) is 1.77. The van der Waals surface area contributed by atoms with E-state index in [1.165, 1.54) is 50.1 Å². The molecule has 0 N–H and O–H groups in total. The van der Waals surface area contributed by atoms with Crippen LogP contribution in [0.5, 0.6) is 0 Å². The lowest BCUT2D eigenvalue weighted by molar-refractivity contribution is 0.660.